The van der Waals surface area contributed by atoms with Crippen molar-refractivity contribution in [2.75, 3.05) is 6.54 Å². The largest absolute Gasteiger partial charge is 0.489 e. The van der Waals surface area contributed by atoms with Crippen LogP contribution in [-0.4, -0.2) is 30.3 Å². The number of nitrogens with two attached hydrogens (primary N) is 1. The predicted molar refractivity (Wildman–Crippen MR) is 136 cm³/mol. The van der Waals surface area contributed by atoms with E-state index in [1.807, 2.05) is 60.7 Å². The number of ether oxygens (including phenoxy) is 1. The topological polar surface area (TPSA) is 124 Å². The van der Waals surface area contributed by atoms with Gasteiger partial charge in [0.25, 0.3) is 0 Å². The van der Waals surface area contributed by atoms with Crippen LogP contribution in [0.4, 0.5) is 0 Å². The molecule has 3 aromatic rings. The average molecular weight is 492 g/mol. The number of hydrogen-bond donors (Lipinski definition) is 3. The number of carbonyl (C=O) groups excluding carboxylic acids is 3. The summed E-state index contributed by atoms with van der Waals surface area (Å²) in [6.45, 7) is 2.51. The first-order chi connectivity index (χ1) is 17.4. The van der Waals surface area contributed by atoms with E-state index in [0.29, 0.717) is 38.2 Å². The van der Waals surface area contributed by atoms with Gasteiger partial charge in [0.1, 0.15) is 24.2 Å². The van der Waals surface area contributed by atoms with Crippen LogP contribution in [0.15, 0.2) is 77.4 Å². The van der Waals surface area contributed by atoms with Gasteiger partial charge in [-0.2, -0.15) is 0 Å². The van der Waals surface area contributed by atoms with Gasteiger partial charge in [0, 0.05) is 31.7 Å². The number of nitrogens with one attached hydrogen (secondary N) is 2. The van der Waals surface area contributed by atoms with E-state index in [-0.39, 0.29) is 18.2 Å². The minimum atomic E-state index is -0.769. The quantitative estimate of drug-likeness (QED) is 0.320. The third-order valence-electron chi connectivity index (χ3n) is 5.80. The minimum absolute atomic E-state index is 0.104. The number of rotatable bonds is 14. The number of furan rings is 1. The SMILES string of the molecule is CC(CCC(=O)NC(Cc1ccc(OCc2ccccc2)cc1)C(=O)NCCc1ccco1)C(N)=O. The fourth-order valence-electron chi connectivity index (χ4n) is 3.55. The van der Waals surface area contributed by atoms with Gasteiger partial charge in [0.05, 0.1) is 6.26 Å². The molecule has 4 N–H and O–H groups in total. The summed E-state index contributed by atoms with van der Waals surface area (Å²) < 4.78 is 11.1. The Hall–Kier alpha value is -4.07. The molecule has 1 heterocycles. The van der Waals surface area contributed by atoms with Gasteiger partial charge in [-0.05, 0) is 41.8 Å². The Morgan fingerprint density at radius 2 is 1.72 bits per heavy atom. The van der Waals surface area contributed by atoms with Gasteiger partial charge in [-0.15, -0.1) is 0 Å². The molecule has 3 rings (SSSR count). The van der Waals surface area contributed by atoms with Gasteiger partial charge in [0.15, 0.2) is 0 Å². The summed E-state index contributed by atoms with van der Waals surface area (Å²) in [5, 5.41) is 5.67. The fourth-order valence-corrected chi connectivity index (χ4v) is 3.55. The Bertz CT molecular complexity index is 1100. The maximum Gasteiger partial charge on any atom is 0.242 e. The van der Waals surface area contributed by atoms with Crippen LogP contribution in [0.5, 0.6) is 5.75 Å². The molecule has 0 radical (unpaired) electrons. The van der Waals surface area contributed by atoms with Gasteiger partial charge < -0.3 is 25.5 Å². The summed E-state index contributed by atoms with van der Waals surface area (Å²) >= 11 is 0. The predicted octanol–water partition coefficient (Wildman–Crippen LogP) is 3.15. The van der Waals surface area contributed by atoms with E-state index < -0.39 is 17.9 Å². The zero-order valence-electron chi connectivity index (χ0n) is 20.4. The van der Waals surface area contributed by atoms with Crippen molar-refractivity contribution in [3.63, 3.8) is 0 Å². The van der Waals surface area contributed by atoms with Crippen LogP contribution in [0, 0.1) is 5.92 Å². The Labute approximate surface area is 211 Å². The van der Waals surface area contributed by atoms with E-state index in [1.165, 1.54) is 0 Å². The van der Waals surface area contributed by atoms with Crippen molar-refractivity contribution in [2.45, 2.75) is 45.3 Å². The number of primary amides is 1. The molecule has 8 nitrogen and oxygen atoms in total. The normalized spacial score (nSPS) is 12.4. The lowest BCUT2D eigenvalue weighted by molar-refractivity contribution is -0.129. The summed E-state index contributed by atoms with van der Waals surface area (Å²) in [5.74, 6) is 0.0117. The molecule has 2 aromatic carbocycles. The molecule has 190 valence electrons. The lowest BCUT2D eigenvalue weighted by atomic mass is 10.0. The van der Waals surface area contributed by atoms with E-state index in [0.717, 1.165) is 16.9 Å². The van der Waals surface area contributed by atoms with Crippen molar-refractivity contribution in [1.29, 1.82) is 0 Å². The number of benzene rings is 2. The highest BCUT2D eigenvalue weighted by Gasteiger charge is 2.22. The summed E-state index contributed by atoms with van der Waals surface area (Å²) in [5.41, 5.74) is 7.23. The van der Waals surface area contributed by atoms with Gasteiger partial charge in [-0.1, -0.05) is 49.4 Å². The molecule has 0 aliphatic rings. The molecule has 0 saturated carbocycles. The Morgan fingerprint density at radius 3 is 2.39 bits per heavy atom. The first-order valence-electron chi connectivity index (χ1n) is 12.0. The molecule has 2 atom stereocenters. The highest BCUT2D eigenvalue weighted by Crippen LogP contribution is 2.16. The maximum atomic E-state index is 12.9. The second kappa shape index (κ2) is 13.7. The molecule has 1 aromatic heterocycles. The van der Waals surface area contributed by atoms with Crippen LogP contribution < -0.4 is 21.1 Å². The van der Waals surface area contributed by atoms with E-state index in [4.69, 9.17) is 14.9 Å². The van der Waals surface area contributed by atoms with Crippen molar-refractivity contribution in [3.05, 3.63) is 89.9 Å². The van der Waals surface area contributed by atoms with Crippen molar-refractivity contribution >= 4 is 17.7 Å². The standard InChI is InChI=1S/C28H33N3O5/c1-20(27(29)33)9-14-26(32)31-25(28(34)30-16-15-23-8-5-17-35-23)18-21-10-12-24(13-11-21)36-19-22-6-3-2-4-7-22/h2-8,10-13,17,20,25H,9,14-16,18-19H2,1H3,(H2,29,33)(H,30,34)(H,31,32). The molecular formula is C28H33N3O5. The van der Waals surface area contributed by atoms with Crippen LogP contribution >= 0.6 is 0 Å². The molecule has 36 heavy (non-hydrogen) atoms. The molecule has 3 amide bonds. The van der Waals surface area contributed by atoms with Crippen LogP contribution in [0.1, 0.15) is 36.7 Å². The monoisotopic (exact) mass is 491 g/mol. The van der Waals surface area contributed by atoms with Gasteiger partial charge >= 0.3 is 0 Å². The second-order valence-electron chi connectivity index (χ2n) is 8.70. The third-order valence-corrected chi connectivity index (χ3v) is 5.80. The molecule has 0 fully saturated rings. The zero-order chi connectivity index (χ0) is 25.8. The van der Waals surface area contributed by atoms with E-state index in [1.54, 1.807) is 19.3 Å². The van der Waals surface area contributed by atoms with Crippen LogP contribution in [-0.2, 0) is 33.8 Å². The smallest absolute Gasteiger partial charge is 0.242 e. The first-order valence-corrected chi connectivity index (χ1v) is 12.0. The molecule has 0 spiro atoms. The number of carbonyl (C=O) groups is 3. The lowest BCUT2D eigenvalue weighted by Crippen LogP contribution is -2.48. The summed E-state index contributed by atoms with van der Waals surface area (Å²) in [6.07, 6.45) is 2.86. The zero-order valence-corrected chi connectivity index (χ0v) is 20.4. The molecule has 0 aliphatic carbocycles. The van der Waals surface area contributed by atoms with Crippen LogP contribution in [0.25, 0.3) is 0 Å². The lowest BCUT2D eigenvalue weighted by Gasteiger charge is -2.19. The highest BCUT2D eigenvalue weighted by atomic mass is 16.5. The average Bonchev–Trinajstić information content (AvgIpc) is 3.40. The molecular weight excluding hydrogens is 458 g/mol. The fraction of sp³-hybridized carbons (Fsp3) is 0.321. The van der Waals surface area contributed by atoms with Crippen molar-refractivity contribution < 1.29 is 23.5 Å². The molecule has 8 heteroatoms. The summed E-state index contributed by atoms with van der Waals surface area (Å²) in [4.78, 5) is 36.7. The Morgan fingerprint density at radius 1 is 0.972 bits per heavy atom. The van der Waals surface area contributed by atoms with Crippen molar-refractivity contribution in [2.24, 2.45) is 11.7 Å². The molecule has 0 saturated heterocycles. The highest BCUT2D eigenvalue weighted by molar-refractivity contribution is 5.88. The first kappa shape index (κ1) is 26.5. The molecule has 0 bridgehead atoms. The summed E-state index contributed by atoms with van der Waals surface area (Å²) in [7, 11) is 0. The van der Waals surface area contributed by atoms with E-state index in [9.17, 15) is 14.4 Å². The maximum absolute atomic E-state index is 12.9. The van der Waals surface area contributed by atoms with Crippen molar-refractivity contribution in [1.82, 2.24) is 10.6 Å². The van der Waals surface area contributed by atoms with E-state index >= 15 is 0 Å². The summed E-state index contributed by atoms with van der Waals surface area (Å²) in [6, 6.07) is 20.2. The van der Waals surface area contributed by atoms with Gasteiger partial charge in [-0.25, -0.2) is 0 Å². The van der Waals surface area contributed by atoms with Crippen molar-refractivity contribution in [3.8, 4) is 5.75 Å². The second-order valence-corrected chi connectivity index (χ2v) is 8.70. The number of amides is 3. The molecule has 0 aliphatic heterocycles. The third kappa shape index (κ3) is 8.94. The van der Waals surface area contributed by atoms with Crippen LogP contribution in [0.3, 0.4) is 0 Å². The number of hydrogen-bond acceptors (Lipinski definition) is 5. The Kier molecular flexibility index (Phi) is 10.1. The Balaban J connectivity index is 1.58. The van der Waals surface area contributed by atoms with E-state index in [2.05, 4.69) is 10.6 Å². The van der Waals surface area contributed by atoms with Gasteiger partial charge in [-0.3, -0.25) is 14.4 Å². The minimum Gasteiger partial charge on any atom is -0.489 e. The van der Waals surface area contributed by atoms with Gasteiger partial charge in [0.2, 0.25) is 17.7 Å². The van der Waals surface area contributed by atoms with Crippen LogP contribution in [0.2, 0.25) is 0 Å². The molecule has 2 unspecified atom stereocenters.